The Hall–Kier alpha value is -5.54. The summed E-state index contributed by atoms with van der Waals surface area (Å²) in [5.41, 5.74) is 9.50. The molecule has 3 heteroatoms. The van der Waals surface area contributed by atoms with Crippen molar-refractivity contribution in [2.24, 2.45) is 5.92 Å². The molecule has 0 bridgehead atoms. The van der Waals surface area contributed by atoms with Crippen LogP contribution in [0.25, 0.3) is 21.9 Å². The van der Waals surface area contributed by atoms with E-state index in [0.29, 0.717) is 11.8 Å². The smallest absolute Gasteiger partial charge is 0.119 e. The Morgan fingerprint density at radius 2 is 1.15 bits per heavy atom. The van der Waals surface area contributed by atoms with E-state index in [1.54, 1.807) is 7.11 Å². The zero-order valence-corrected chi connectivity index (χ0v) is 26.5. The first-order valence-corrected chi connectivity index (χ1v) is 15.9. The Morgan fingerprint density at radius 1 is 0.565 bits per heavy atom. The van der Waals surface area contributed by atoms with Crippen molar-refractivity contribution in [1.82, 2.24) is 0 Å². The van der Waals surface area contributed by atoms with E-state index < -0.39 is 0 Å². The number of ether oxygens (including phenoxy) is 1. The lowest BCUT2D eigenvalue weighted by atomic mass is 9.83. The van der Waals surface area contributed by atoms with Crippen molar-refractivity contribution in [3.8, 4) is 16.9 Å². The van der Waals surface area contributed by atoms with Gasteiger partial charge in [0.25, 0.3) is 0 Å². The zero-order valence-electron chi connectivity index (χ0n) is 26.5. The molecule has 1 aliphatic rings. The molecule has 1 aliphatic carbocycles. The van der Waals surface area contributed by atoms with E-state index >= 15 is 0 Å². The number of hydrogen-bond donors (Lipinski definition) is 0. The summed E-state index contributed by atoms with van der Waals surface area (Å²) in [5, 5.41) is 2.48. The molecule has 0 aliphatic heterocycles. The molecule has 46 heavy (non-hydrogen) atoms. The summed E-state index contributed by atoms with van der Waals surface area (Å²) >= 11 is 0. The summed E-state index contributed by atoms with van der Waals surface area (Å²) < 4.78 is 5.33. The van der Waals surface area contributed by atoms with Crippen LogP contribution in [-0.4, -0.2) is 14.2 Å². The van der Waals surface area contributed by atoms with Crippen LogP contribution in [0.1, 0.15) is 18.4 Å². The summed E-state index contributed by atoms with van der Waals surface area (Å²) in [6, 6.07) is 51.9. The molecule has 0 radical (unpaired) electrons. The number of rotatable bonds is 8. The maximum Gasteiger partial charge on any atom is 0.119 e. The van der Waals surface area contributed by atoms with E-state index in [1.807, 2.05) is 12.1 Å². The van der Waals surface area contributed by atoms with Crippen molar-refractivity contribution in [3.63, 3.8) is 0 Å². The summed E-state index contributed by atoms with van der Waals surface area (Å²) in [7, 11) is 3.79. The molecule has 6 aromatic carbocycles. The van der Waals surface area contributed by atoms with E-state index in [1.165, 1.54) is 33.2 Å². The first-order valence-electron chi connectivity index (χ1n) is 15.9. The Morgan fingerprint density at radius 3 is 1.83 bits per heavy atom. The van der Waals surface area contributed by atoms with Crippen LogP contribution in [0.4, 0.5) is 22.7 Å². The van der Waals surface area contributed by atoms with Crippen molar-refractivity contribution in [2.45, 2.75) is 12.8 Å². The Bertz CT molecular complexity index is 1990. The summed E-state index contributed by atoms with van der Waals surface area (Å²) in [6.45, 7) is 2.32. The number of hydrogen-bond acceptors (Lipinski definition) is 3. The van der Waals surface area contributed by atoms with Gasteiger partial charge in [-0.3, -0.25) is 0 Å². The molecule has 2 unspecified atom stereocenters. The lowest BCUT2D eigenvalue weighted by molar-refractivity contribution is 0.415. The SMILES string of the molecule is COc1ccc(N(C)c2ccc(C3C=CC(N(c4ccc(-c5ccccc5)cc4)c4ccc5ccccc5c4)=CC3C)cc2)cc1. The minimum atomic E-state index is 0.294. The molecule has 6 aromatic rings. The van der Waals surface area contributed by atoms with Gasteiger partial charge in [0.1, 0.15) is 5.75 Å². The normalized spacial score (nSPS) is 15.8. The van der Waals surface area contributed by atoms with Crippen LogP contribution in [0, 0.1) is 5.92 Å². The van der Waals surface area contributed by atoms with Crippen molar-refractivity contribution >= 4 is 33.5 Å². The molecule has 0 N–H and O–H groups in total. The predicted octanol–water partition coefficient (Wildman–Crippen LogP) is 11.3. The van der Waals surface area contributed by atoms with Gasteiger partial charge in [-0.2, -0.15) is 0 Å². The fraction of sp³-hybridized carbons (Fsp3) is 0.116. The fourth-order valence-corrected chi connectivity index (χ4v) is 6.44. The minimum Gasteiger partial charge on any atom is -0.497 e. The van der Waals surface area contributed by atoms with Gasteiger partial charge in [-0.05, 0) is 100 Å². The van der Waals surface area contributed by atoms with Crippen LogP contribution in [0.2, 0.25) is 0 Å². The number of fused-ring (bicyclic) bond motifs is 1. The minimum absolute atomic E-state index is 0.294. The Labute approximate surface area is 272 Å². The van der Waals surface area contributed by atoms with Crippen molar-refractivity contribution in [2.75, 3.05) is 24.0 Å². The van der Waals surface area contributed by atoms with E-state index in [9.17, 15) is 0 Å². The van der Waals surface area contributed by atoms with Gasteiger partial charge < -0.3 is 14.5 Å². The molecular weight excluding hydrogens is 560 g/mol. The second-order valence-corrected chi connectivity index (χ2v) is 12.0. The maximum absolute atomic E-state index is 5.33. The second-order valence-electron chi connectivity index (χ2n) is 12.0. The third kappa shape index (κ3) is 5.92. The Balaban J connectivity index is 1.17. The van der Waals surface area contributed by atoms with Gasteiger partial charge in [-0.25, -0.2) is 0 Å². The van der Waals surface area contributed by atoms with Crippen LogP contribution in [0.3, 0.4) is 0 Å². The number of anilines is 4. The molecule has 0 spiro atoms. The van der Waals surface area contributed by atoms with Gasteiger partial charge in [-0.1, -0.05) is 104 Å². The van der Waals surface area contributed by atoms with E-state index in [2.05, 4.69) is 175 Å². The van der Waals surface area contributed by atoms with Crippen LogP contribution < -0.4 is 14.5 Å². The first kappa shape index (κ1) is 29.2. The highest BCUT2D eigenvalue weighted by atomic mass is 16.5. The molecule has 226 valence electrons. The average molecular weight is 599 g/mol. The van der Waals surface area contributed by atoms with Crippen molar-refractivity contribution < 1.29 is 4.74 Å². The number of methoxy groups -OCH3 is 1. The molecule has 0 aromatic heterocycles. The largest absolute Gasteiger partial charge is 0.497 e. The van der Waals surface area contributed by atoms with Crippen LogP contribution in [0.15, 0.2) is 170 Å². The van der Waals surface area contributed by atoms with Gasteiger partial charge in [0.15, 0.2) is 0 Å². The van der Waals surface area contributed by atoms with Gasteiger partial charge in [0.05, 0.1) is 7.11 Å². The molecule has 0 saturated heterocycles. The van der Waals surface area contributed by atoms with Gasteiger partial charge >= 0.3 is 0 Å². The number of nitrogens with zero attached hydrogens (tertiary/aromatic N) is 2. The third-order valence-corrected chi connectivity index (χ3v) is 9.08. The van der Waals surface area contributed by atoms with Crippen LogP contribution in [-0.2, 0) is 0 Å². The highest BCUT2D eigenvalue weighted by Crippen LogP contribution is 2.39. The first-order chi connectivity index (χ1) is 22.6. The maximum atomic E-state index is 5.33. The molecular formula is C43H38N2O. The molecule has 3 nitrogen and oxygen atoms in total. The standard InChI is InChI=1S/C43H38N2O/c1-31-29-40(25-28-43(31)35-16-18-37(19-17-35)44(2)38-23-26-42(46-3)27-24-38)45(41-22-15-33-11-7-8-12-36(33)30-41)39-20-13-34(14-21-39)32-9-5-4-6-10-32/h4-31,43H,1-3H3. The van der Waals surface area contributed by atoms with Gasteiger partial charge in [0, 0.05) is 41.4 Å². The molecule has 0 amide bonds. The van der Waals surface area contributed by atoms with Crippen LogP contribution in [0.5, 0.6) is 5.75 Å². The topological polar surface area (TPSA) is 15.7 Å². The Kier molecular flexibility index (Phi) is 8.14. The highest BCUT2D eigenvalue weighted by molar-refractivity contribution is 5.88. The van der Waals surface area contributed by atoms with Gasteiger partial charge in [-0.15, -0.1) is 0 Å². The van der Waals surface area contributed by atoms with E-state index in [4.69, 9.17) is 4.74 Å². The van der Waals surface area contributed by atoms with Crippen molar-refractivity contribution in [3.05, 3.63) is 175 Å². The molecule has 0 saturated carbocycles. The summed E-state index contributed by atoms with van der Waals surface area (Å²) in [5.74, 6) is 1.47. The molecule has 0 fully saturated rings. The monoisotopic (exact) mass is 598 g/mol. The quantitative estimate of drug-likeness (QED) is 0.173. The lowest BCUT2D eigenvalue weighted by Gasteiger charge is -2.32. The van der Waals surface area contributed by atoms with E-state index in [0.717, 1.165) is 28.5 Å². The summed E-state index contributed by atoms with van der Waals surface area (Å²) in [4.78, 5) is 4.59. The molecule has 2 atom stereocenters. The summed E-state index contributed by atoms with van der Waals surface area (Å²) in [6.07, 6.45) is 7.08. The van der Waals surface area contributed by atoms with Crippen LogP contribution >= 0.6 is 0 Å². The zero-order chi connectivity index (χ0) is 31.5. The number of benzene rings is 6. The average Bonchev–Trinajstić information content (AvgIpc) is 3.12. The number of allylic oxidation sites excluding steroid dienone is 3. The van der Waals surface area contributed by atoms with Gasteiger partial charge in [0.2, 0.25) is 0 Å². The molecule has 7 rings (SSSR count). The molecule has 0 heterocycles. The predicted molar refractivity (Wildman–Crippen MR) is 195 cm³/mol. The third-order valence-electron chi connectivity index (χ3n) is 9.08. The van der Waals surface area contributed by atoms with Crippen molar-refractivity contribution in [1.29, 1.82) is 0 Å². The fourth-order valence-electron chi connectivity index (χ4n) is 6.44. The highest BCUT2D eigenvalue weighted by Gasteiger charge is 2.23. The lowest BCUT2D eigenvalue weighted by Crippen LogP contribution is -2.20. The second kappa shape index (κ2) is 12.8. The van der Waals surface area contributed by atoms with E-state index in [-0.39, 0.29) is 0 Å².